The van der Waals surface area contributed by atoms with Gasteiger partial charge in [-0.2, -0.15) is 0 Å². The Balaban J connectivity index is 2.02. The van der Waals surface area contributed by atoms with E-state index in [9.17, 15) is 0 Å². The van der Waals surface area contributed by atoms with Crippen LogP contribution in [0.25, 0.3) is 0 Å². The number of rotatable bonds is 3. The highest BCUT2D eigenvalue weighted by molar-refractivity contribution is 4.74. The van der Waals surface area contributed by atoms with Crippen molar-refractivity contribution in [3.05, 3.63) is 6.23 Å². The topological polar surface area (TPSA) is 30.5 Å². The standard InChI is InChI=1S/C7H14NO2/c1-2-5-8-7-4-3-6-9-10-7/h8H,2-6H2,1H3. The fraction of sp³-hybridized carbons (Fsp3) is 0.857. The summed E-state index contributed by atoms with van der Waals surface area (Å²) in [5.74, 6) is 0. The Bertz CT molecular complexity index is 81.7. The van der Waals surface area contributed by atoms with Crippen molar-refractivity contribution < 1.29 is 9.78 Å². The summed E-state index contributed by atoms with van der Waals surface area (Å²) >= 11 is 0. The maximum atomic E-state index is 4.89. The highest BCUT2D eigenvalue weighted by atomic mass is 17.2. The third-order valence-corrected chi connectivity index (χ3v) is 1.36. The SMILES string of the molecule is CCCN[C]1CCCOO1. The highest BCUT2D eigenvalue weighted by Gasteiger charge is 2.14. The van der Waals surface area contributed by atoms with E-state index in [-0.39, 0.29) is 0 Å². The first-order chi connectivity index (χ1) is 4.93. The molecule has 10 heavy (non-hydrogen) atoms. The van der Waals surface area contributed by atoms with Gasteiger partial charge in [-0.3, -0.25) is 5.32 Å². The molecule has 0 bridgehead atoms. The van der Waals surface area contributed by atoms with E-state index < -0.39 is 0 Å². The van der Waals surface area contributed by atoms with Crippen molar-refractivity contribution in [1.82, 2.24) is 5.32 Å². The molecule has 1 aliphatic rings. The molecule has 0 saturated carbocycles. The summed E-state index contributed by atoms with van der Waals surface area (Å²) < 4.78 is 0. The highest BCUT2D eigenvalue weighted by Crippen LogP contribution is 2.13. The zero-order valence-electron chi connectivity index (χ0n) is 6.35. The van der Waals surface area contributed by atoms with Crippen LogP contribution in [0.1, 0.15) is 26.2 Å². The van der Waals surface area contributed by atoms with Crippen molar-refractivity contribution in [3.8, 4) is 0 Å². The van der Waals surface area contributed by atoms with E-state index in [0.717, 1.165) is 38.6 Å². The Morgan fingerprint density at radius 3 is 3.10 bits per heavy atom. The van der Waals surface area contributed by atoms with E-state index in [1.165, 1.54) is 0 Å². The van der Waals surface area contributed by atoms with Gasteiger partial charge in [-0.1, -0.05) is 6.92 Å². The molecule has 3 nitrogen and oxygen atoms in total. The zero-order valence-corrected chi connectivity index (χ0v) is 6.35. The van der Waals surface area contributed by atoms with Crippen LogP contribution in [0.15, 0.2) is 0 Å². The molecule has 0 aromatic rings. The molecule has 0 spiro atoms. The number of hydrogen-bond acceptors (Lipinski definition) is 3. The van der Waals surface area contributed by atoms with Crippen molar-refractivity contribution in [2.24, 2.45) is 0 Å². The molecule has 0 aromatic carbocycles. The van der Waals surface area contributed by atoms with E-state index in [2.05, 4.69) is 12.2 Å². The van der Waals surface area contributed by atoms with Gasteiger partial charge >= 0.3 is 0 Å². The Kier molecular flexibility index (Phi) is 3.72. The summed E-state index contributed by atoms with van der Waals surface area (Å²) in [6.45, 7) is 3.81. The van der Waals surface area contributed by atoms with Crippen molar-refractivity contribution in [1.29, 1.82) is 0 Å². The van der Waals surface area contributed by atoms with Crippen LogP contribution in [-0.4, -0.2) is 13.2 Å². The lowest BCUT2D eigenvalue weighted by Crippen LogP contribution is -2.27. The van der Waals surface area contributed by atoms with Crippen LogP contribution in [0.2, 0.25) is 0 Å². The zero-order chi connectivity index (χ0) is 7.23. The number of hydrogen-bond donors (Lipinski definition) is 1. The first kappa shape index (κ1) is 7.98. The molecule has 0 aromatic heterocycles. The summed E-state index contributed by atoms with van der Waals surface area (Å²) in [6.07, 6.45) is 4.05. The maximum Gasteiger partial charge on any atom is 0.200 e. The quantitative estimate of drug-likeness (QED) is 0.604. The van der Waals surface area contributed by atoms with Crippen molar-refractivity contribution >= 4 is 0 Å². The van der Waals surface area contributed by atoms with Gasteiger partial charge in [0.05, 0.1) is 6.61 Å². The Morgan fingerprint density at radius 2 is 2.50 bits per heavy atom. The summed E-state index contributed by atoms with van der Waals surface area (Å²) in [5, 5.41) is 3.14. The van der Waals surface area contributed by atoms with Gasteiger partial charge in [-0.05, 0) is 25.8 Å². The van der Waals surface area contributed by atoms with Gasteiger partial charge in [-0.15, -0.1) is 0 Å². The van der Waals surface area contributed by atoms with Gasteiger partial charge in [0.15, 0.2) is 6.23 Å². The first-order valence-corrected chi connectivity index (χ1v) is 3.82. The average Bonchev–Trinajstić information content (AvgIpc) is 2.03. The van der Waals surface area contributed by atoms with E-state index in [1.54, 1.807) is 0 Å². The van der Waals surface area contributed by atoms with E-state index >= 15 is 0 Å². The molecule has 1 saturated heterocycles. The summed E-state index contributed by atoms with van der Waals surface area (Å²) in [5.41, 5.74) is 0. The lowest BCUT2D eigenvalue weighted by atomic mass is 10.3. The Hall–Kier alpha value is -0.120. The van der Waals surface area contributed by atoms with Gasteiger partial charge in [0.1, 0.15) is 0 Å². The largest absolute Gasteiger partial charge is 0.283 e. The predicted molar refractivity (Wildman–Crippen MR) is 37.8 cm³/mol. The maximum absolute atomic E-state index is 4.89. The number of nitrogens with one attached hydrogen (secondary N) is 1. The van der Waals surface area contributed by atoms with Crippen molar-refractivity contribution in [2.75, 3.05) is 13.2 Å². The summed E-state index contributed by atoms with van der Waals surface area (Å²) in [7, 11) is 0. The lowest BCUT2D eigenvalue weighted by Gasteiger charge is -2.20. The van der Waals surface area contributed by atoms with Gasteiger partial charge in [0.25, 0.3) is 0 Å². The smallest absolute Gasteiger partial charge is 0.200 e. The molecule has 1 aliphatic heterocycles. The van der Waals surface area contributed by atoms with Gasteiger partial charge in [0.2, 0.25) is 0 Å². The molecule has 59 valence electrons. The predicted octanol–water partition coefficient (Wildman–Crippen LogP) is 1.22. The molecule has 0 aliphatic carbocycles. The molecule has 0 atom stereocenters. The molecular weight excluding hydrogens is 130 g/mol. The fourth-order valence-corrected chi connectivity index (χ4v) is 0.828. The summed E-state index contributed by atoms with van der Waals surface area (Å²) in [6, 6.07) is 0. The minimum Gasteiger partial charge on any atom is -0.283 e. The molecule has 1 heterocycles. The van der Waals surface area contributed by atoms with Gasteiger partial charge in [-0.25, -0.2) is 9.78 Å². The van der Waals surface area contributed by atoms with Crippen LogP contribution < -0.4 is 5.32 Å². The van der Waals surface area contributed by atoms with Crippen LogP contribution >= 0.6 is 0 Å². The molecule has 1 rings (SSSR count). The molecule has 1 N–H and O–H groups in total. The van der Waals surface area contributed by atoms with Gasteiger partial charge < -0.3 is 0 Å². The third-order valence-electron chi connectivity index (χ3n) is 1.36. The second kappa shape index (κ2) is 4.66. The van der Waals surface area contributed by atoms with Crippen molar-refractivity contribution in [2.45, 2.75) is 26.2 Å². The Labute approximate surface area is 61.6 Å². The van der Waals surface area contributed by atoms with Crippen molar-refractivity contribution in [3.63, 3.8) is 0 Å². The van der Waals surface area contributed by atoms with E-state index in [4.69, 9.17) is 9.78 Å². The second-order valence-electron chi connectivity index (χ2n) is 2.36. The van der Waals surface area contributed by atoms with Crippen LogP contribution in [0.5, 0.6) is 0 Å². The normalized spacial score (nSPS) is 21.3. The molecule has 1 radical (unpaired) electrons. The lowest BCUT2D eigenvalue weighted by molar-refractivity contribution is -0.311. The average molecular weight is 144 g/mol. The minimum absolute atomic E-state index is 0.720. The van der Waals surface area contributed by atoms with Crippen LogP contribution in [0.3, 0.4) is 0 Å². The van der Waals surface area contributed by atoms with Crippen LogP contribution in [0, 0.1) is 6.23 Å². The minimum atomic E-state index is 0.720. The fourth-order valence-electron chi connectivity index (χ4n) is 0.828. The second-order valence-corrected chi connectivity index (χ2v) is 2.36. The molecule has 3 heteroatoms. The molecule has 1 fully saturated rings. The monoisotopic (exact) mass is 144 g/mol. The van der Waals surface area contributed by atoms with E-state index in [1.807, 2.05) is 0 Å². The Morgan fingerprint density at radius 1 is 1.60 bits per heavy atom. The first-order valence-electron chi connectivity index (χ1n) is 3.82. The van der Waals surface area contributed by atoms with Crippen LogP contribution in [0.4, 0.5) is 0 Å². The third kappa shape index (κ3) is 2.64. The van der Waals surface area contributed by atoms with E-state index in [0.29, 0.717) is 0 Å². The van der Waals surface area contributed by atoms with Gasteiger partial charge in [0, 0.05) is 0 Å². The summed E-state index contributed by atoms with van der Waals surface area (Å²) in [4.78, 5) is 9.67. The van der Waals surface area contributed by atoms with Crippen LogP contribution in [-0.2, 0) is 9.78 Å². The molecule has 0 amide bonds. The molecule has 0 unspecified atom stereocenters. The molecular formula is C7H14NO2.